The Hall–Kier alpha value is -2.33. The molecule has 0 saturated heterocycles. The number of aryl methyl sites for hydroxylation is 1. The summed E-state index contributed by atoms with van der Waals surface area (Å²) in [6.45, 7) is 2.45. The molecule has 0 spiro atoms. The maximum absolute atomic E-state index is 11.8. The minimum Gasteiger partial charge on any atom is -0.465 e. The third-order valence-electron chi connectivity index (χ3n) is 3.22. The minimum absolute atomic E-state index is 0.160. The van der Waals surface area contributed by atoms with E-state index >= 15 is 0 Å². The number of rotatable bonds is 6. The lowest BCUT2D eigenvalue weighted by Crippen LogP contribution is -2.27. The molecule has 2 aromatic rings. The predicted octanol–water partition coefficient (Wildman–Crippen LogP) is 3.11. The molecule has 2 rings (SSSR count). The van der Waals surface area contributed by atoms with E-state index in [9.17, 15) is 4.79 Å². The second-order valence-corrected chi connectivity index (χ2v) is 4.67. The summed E-state index contributed by atoms with van der Waals surface area (Å²) in [5.74, 6) is 0.467. The fraction of sp³-hybridized carbons (Fsp3) is 0.235. The molecule has 0 aliphatic carbocycles. The van der Waals surface area contributed by atoms with Gasteiger partial charge in [-0.1, -0.05) is 24.3 Å². The Morgan fingerprint density at radius 3 is 2.81 bits per heavy atom. The number of amides is 1. The number of hydrogen-bond donors (Lipinski definition) is 1. The van der Waals surface area contributed by atoms with Gasteiger partial charge in [-0.05, 0) is 36.3 Å². The normalized spacial score (nSPS) is 12.5. The maximum atomic E-state index is 11.8. The summed E-state index contributed by atoms with van der Waals surface area (Å²) in [4.78, 5) is 11.8. The van der Waals surface area contributed by atoms with Crippen molar-refractivity contribution >= 4 is 12.0 Å². The molecule has 1 heterocycles. The SMILES string of the molecule is CO[C@H](CNC(=O)/C=C/c1ccco1)c1ccccc1C. The second-order valence-electron chi connectivity index (χ2n) is 4.67. The summed E-state index contributed by atoms with van der Waals surface area (Å²) in [6.07, 6.45) is 4.48. The smallest absolute Gasteiger partial charge is 0.244 e. The van der Waals surface area contributed by atoms with Crippen LogP contribution in [0, 0.1) is 6.92 Å². The number of benzene rings is 1. The first kappa shape index (κ1) is 15.1. The fourth-order valence-electron chi connectivity index (χ4n) is 2.06. The van der Waals surface area contributed by atoms with Crippen LogP contribution in [0.5, 0.6) is 0 Å². The highest BCUT2D eigenvalue weighted by molar-refractivity contribution is 5.91. The molecule has 4 heteroatoms. The molecule has 0 fully saturated rings. The van der Waals surface area contributed by atoms with Gasteiger partial charge in [0.2, 0.25) is 5.91 Å². The van der Waals surface area contributed by atoms with E-state index < -0.39 is 0 Å². The zero-order valence-electron chi connectivity index (χ0n) is 12.2. The summed E-state index contributed by atoms with van der Waals surface area (Å²) in [5, 5.41) is 2.83. The van der Waals surface area contributed by atoms with Crippen LogP contribution >= 0.6 is 0 Å². The lowest BCUT2D eigenvalue weighted by Gasteiger charge is -2.18. The van der Waals surface area contributed by atoms with E-state index in [-0.39, 0.29) is 12.0 Å². The first-order chi connectivity index (χ1) is 10.2. The Balaban J connectivity index is 1.91. The van der Waals surface area contributed by atoms with Crippen LogP contribution in [0.3, 0.4) is 0 Å². The van der Waals surface area contributed by atoms with Crippen molar-refractivity contribution in [3.8, 4) is 0 Å². The van der Waals surface area contributed by atoms with Gasteiger partial charge in [0, 0.05) is 19.7 Å². The van der Waals surface area contributed by atoms with Crippen LogP contribution in [0.2, 0.25) is 0 Å². The molecule has 110 valence electrons. The number of hydrogen-bond acceptors (Lipinski definition) is 3. The highest BCUT2D eigenvalue weighted by atomic mass is 16.5. The Kier molecular flexibility index (Phi) is 5.35. The molecule has 1 amide bonds. The number of ether oxygens (including phenoxy) is 1. The summed E-state index contributed by atoms with van der Waals surface area (Å²) in [7, 11) is 1.64. The van der Waals surface area contributed by atoms with Gasteiger partial charge in [0.1, 0.15) is 5.76 Å². The lowest BCUT2D eigenvalue weighted by molar-refractivity contribution is -0.117. The Labute approximate surface area is 124 Å². The number of furan rings is 1. The van der Waals surface area contributed by atoms with Crippen LogP contribution < -0.4 is 5.32 Å². The fourth-order valence-corrected chi connectivity index (χ4v) is 2.06. The number of carbonyl (C=O) groups is 1. The molecule has 0 aliphatic heterocycles. The predicted molar refractivity (Wildman–Crippen MR) is 81.7 cm³/mol. The molecule has 0 bridgehead atoms. The molecule has 4 nitrogen and oxygen atoms in total. The van der Waals surface area contributed by atoms with Gasteiger partial charge in [-0.3, -0.25) is 4.79 Å². The first-order valence-electron chi connectivity index (χ1n) is 6.78. The van der Waals surface area contributed by atoms with Crippen LogP contribution in [-0.4, -0.2) is 19.6 Å². The van der Waals surface area contributed by atoms with Crippen LogP contribution in [0.25, 0.3) is 6.08 Å². The van der Waals surface area contributed by atoms with Crippen LogP contribution in [0.1, 0.15) is 23.0 Å². The Morgan fingerprint density at radius 1 is 1.33 bits per heavy atom. The zero-order chi connectivity index (χ0) is 15.1. The maximum Gasteiger partial charge on any atom is 0.244 e. The molecule has 0 radical (unpaired) electrons. The minimum atomic E-state index is -0.179. The highest BCUT2D eigenvalue weighted by Crippen LogP contribution is 2.19. The monoisotopic (exact) mass is 285 g/mol. The topological polar surface area (TPSA) is 51.5 Å². The van der Waals surface area contributed by atoms with Gasteiger partial charge < -0.3 is 14.5 Å². The van der Waals surface area contributed by atoms with Crippen molar-refractivity contribution < 1.29 is 13.9 Å². The van der Waals surface area contributed by atoms with Gasteiger partial charge in [0.05, 0.1) is 12.4 Å². The molecular formula is C17H19NO3. The van der Waals surface area contributed by atoms with Crippen molar-refractivity contribution in [3.05, 3.63) is 65.6 Å². The molecule has 0 saturated carbocycles. The standard InChI is InChI=1S/C17H19NO3/c1-13-6-3-4-8-15(13)16(20-2)12-18-17(19)10-9-14-7-5-11-21-14/h3-11,16H,12H2,1-2H3,(H,18,19)/b10-9+/t16-/m1/s1. The second kappa shape index (κ2) is 7.45. The molecule has 0 unspecified atom stereocenters. The number of methoxy groups -OCH3 is 1. The van der Waals surface area contributed by atoms with Crippen LogP contribution in [0.15, 0.2) is 53.2 Å². The van der Waals surface area contributed by atoms with Crippen LogP contribution in [0.4, 0.5) is 0 Å². The Morgan fingerprint density at radius 2 is 2.14 bits per heavy atom. The van der Waals surface area contributed by atoms with Gasteiger partial charge >= 0.3 is 0 Å². The average Bonchev–Trinajstić information content (AvgIpc) is 3.01. The number of nitrogens with one attached hydrogen (secondary N) is 1. The van der Waals surface area contributed by atoms with Crippen molar-refractivity contribution in [3.63, 3.8) is 0 Å². The molecule has 1 atom stereocenters. The number of carbonyl (C=O) groups excluding carboxylic acids is 1. The summed E-state index contributed by atoms with van der Waals surface area (Å²) in [5.41, 5.74) is 2.22. The molecule has 0 aliphatic rings. The van der Waals surface area contributed by atoms with Crippen LogP contribution in [-0.2, 0) is 9.53 Å². The molecule has 1 aromatic carbocycles. The van der Waals surface area contributed by atoms with E-state index in [1.807, 2.05) is 31.2 Å². The summed E-state index contributed by atoms with van der Waals surface area (Å²) < 4.78 is 10.6. The first-order valence-corrected chi connectivity index (χ1v) is 6.78. The Bertz CT molecular complexity index is 602. The molecular weight excluding hydrogens is 266 g/mol. The van der Waals surface area contributed by atoms with Gasteiger partial charge in [-0.15, -0.1) is 0 Å². The van der Waals surface area contributed by atoms with E-state index in [1.165, 1.54) is 6.08 Å². The summed E-state index contributed by atoms with van der Waals surface area (Å²) >= 11 is 0. The molecule has 1 N–H and O–H groups in total. The summed E-state index contributed by atoms with van der Waals surface area (Å²) in [6, 6.07) is 11.5. The van der Waals surface area contributed by atoms with Gasteiger partial charge in [0.15, 0.2) is 0 Å². The van der Waals surface area contributed by atoms with E-state index in [0.29, 0.717) is 12.3 Å². The third-order valence-corrected chi connectivity index (χ3v) is 3.22. The highest BCUT2D eigenvalue weighted by Gasteiger charge is 2.13. The van der Waals surface area contributed by atoms with E-state index in [0.717, 1.165) is 11.1 Å². The lowest BCUT2D eigenvalue weighted by atomic mass is 10.0. The molecule has 21 heavy (non-hydrogen) atoms. The molecule has 1 aromatic heterocycles. The van der Waals surface area contributed by atoms with Crippen molar-refractivity contribution in [2.75, 3.05) is 13.7 Å². The van der Waals surface area contributed by atoms with Gasteiger partial charge in [0.25, 0.3) is 0 Å². The van der Waals surface area contributed by atoms with E-state index in [1.54, 1.807) is 31.6 Å². The van der Waals surface area contributed by atoms with Crippen molar-refractivity contribution in [1.82, 2.24) is 5.32 Å². The zero-order valence-corrected chi connectivity index (χ0v) is 12.2. The van der Waals surface area contributed by atoms with Crippen molar-refractivity contribution in [2.24, 2.45) is 0 Å². The van der Waals surface area contributed by atoms with Crippen molar-refractivity contribution in [2.45, 2.75) is 13.0 Å². The largest absolute Gasteiger partial charge is 0.465 e. The van der Waals surface area contributed by atoms with Crippen molar-refractivity contribution in [1.29, 1.82) is 0 Å². The van der Waals surface area contributed by atoms with E-state index in [4.69, 9.17) is 9.15 Å². The third kappa shape index (κ3) is 4.33. The quantitative estimate of drug-likeness (QED) is 0.830. The van der Waals surface area contributed by atoms with Gasteiger partial charge in [-0.25, -0.2) is 0 Å². The van der Waals surface area contributed by atoms with E-state index in [2.05, 4.69) is 5.32 Å². The van der Waals surface area contributed by atoms with Gasteiger partial charge in [-0.2, -0.15) is 0 Å². The average molecular weight is 285 g/mol.